The van der Waals surface area contributed by atoms with E-state index in [9.17, 15) is 0 Å². The Kier molecular flexibility index (Phi) is 5.71. The van der Waals surface area contributed by atoms with Crippen molar-refractivity contribution in [3.05, 3.63) is 58.1 Å². The molecule has 0 fully saturated rings. The topological polar surface area (TPSA) is 18.5 Å². The normalized spacial score (nSPS) is 12.3. The average molecular weight is 414 g/mol. The minimum absolute atomic E-state index is 0.0775. The van der Waals surface area contributed by atoms with Crippen LogP contribution in [-0.2, 0) is 0 Å². The van der Waals surface area contributed by atoms with E-state index in [0.717, 1.165) is 27.1 Å². The number of halogens is 2. The predicted molar refractivity (Wildman–Crippen MR) is 93.7 cm³/mol. The molecule has 0 radical (unpaired) electrons. The zero-order valence-electron chi connectivity index (χ0n) is 12.3. The van der Waals surface area contributed by atoms with Gasteiger partial charge in [0, 0.05) is 10.0 Å². The third-order valence-corrected chi connectivity index (χ3v) is 4.53. The summed E-state index contributed by atoms with van der Waals surface area (Å²) in [6.45, 7) is 4.04. The molecule has 2 aromatic rings. The molecule has 2 nitrogen and oxygen atoms in total. The van der Waals surface area contributed by atoms with Crippen LogP contribution in [0.25, 0.3) is 0 Å². The van der Waals surface area contributed by atoms with E-state index in [0.29, 0.717) is 0 Å². The second-order valence-electron chi connectivity index (χ2n) is 4.98. The van der Waals surface area contributed by atoms with E-state index in [1.165, 1.54) is 0 Å². The molecule has 4 heteroatoms. The fourth-order valence-electron chi connectivity index (χ4n) is 2.06. The van der Waals surface area contributed by atoms with Crippen LogP contribution in [0.2, 0.25) is 0 Å². The summed E-state index contributed by atoms with van der Waals surface area (Å²) in [5, 5.41) is 0. The van der Waals surface area contributed by atoms with Gasteiger partial charge in [0.2, 0.25) is 0 Å². The predicted octanol–water partition coefficient (Wildman–Crippen LogP) is 5.73. The van der Waals surface area contributed by atoms with Crippen LogP contribution in [0.3, 0.4) is 0 Å². The van der Waals surface area contributed by atoms with Crippen LogP contribution in [0.1, 0.15) is 29.8 Å². The third kappa shape index (κ3) is 4.24. The maximum Gasteiger partial charge on any atom is 0.124 e. The van der Waals surface area contributed by atoms with Crippen LogP contribution in [-0.4, -0.2) is 13.2 Å². The first-order chi connectivity index (χ1) is 10.0. The maximum atomic E-state index is 5.67. The molecule has 0 aliphatic heterocycles. The highest BCUT2D eigenvalue weighted by molar-refractivity contribution is 9.10. The van der Waals surface area contributed by atoms with Gasteiger partial charge in [0.25, 0.3) is 0 Å². The first-order valence-electron chi connectivity index (χ1n) is 6.75. The van der Waals surface area contributed by atoms with Crippen molar-refractivity contribution in [3.8, 4) is 11.5 Å². The first-order valence-corrected chi connectivity index (χ1v) is 8.46. The molecule has 1 atom stereocenters. The van der Waals surface area contributed by atoms with Gasteiger partial charge >= 0.3 is 0 Å². The van der Waals surface area contributed by atoms with E-state index in [1.54, 1.807) is 7.11 Å². The maximum absolute atomic E-state index is 5.67. The van der Waals surface area contributed by atoms with Gasteiger partial charge in [-0.25, -0.2) is 0 Å². The van der Waals surface area contributed by atoms with E-state index < -0.39 is 0 Å². The quantitative estimate of drug-likeness (QED) is 0.582. The Morgan fingerprint density at radius 1 is 1.00 bits per heavy atom. The van der Waals surface area contributed by atoms with Crippen molar-refractivity contribution in [3.63, 3.8) is 0 Å². The van der Waals surface area contributed by atoms with Crippen molar-refractivity contribution < 1.29 is 9.47 Å². The Bertz CT molecular complexity index is 594. The van der Waals surface area contributed by atoms with Crippen molar-refractivity contribution in [2.24, 2.45) is 0 Å². The zero-order valence-corrected chi connectivity index (χ0v) is 15.4. The molecule has 0 aliphatic carbocycles. The standard InChI is InChI=1S/C17H18Br2O2/c1-11(2)21-14-7-4-12(5-8-14)17(19)15-9-6-13(18)10-16(15)20-3/h4-11,17H,1-3H3. The Balaban J connectivity index is 2.25. The Labute approximate surface area is 142 Å². The van der Waals surface area contributed by atoms with Crippen LogP contribution in [0, 0.1) is 0 Å². The fourth-order valence-corrected chi connectivity index (χ4v) is 3.08. The van der Waals surface area contributed by atoms with Crippen molar-refractivity contribution in [2.45, 2.75) is 24.8 Å². The van der Waals surface area contributed by atoms with E-state index in [4.69, 9.17) is 9.47 Å². The molecule has 0 spiro atoms. The van der Waals surface area contributed by atoms with Crippen molar-refractivity contribution in [2.75, 3.05) is 7.11 Å². The average Bonchev–Trinajstić information content (AvgIpc) is 2.46. The van der Waals surface area contributed by atoms with Gasteiger partial charge in [0.1, 0.15) is 11.5 Å². The van der Waals surface area contributed by atoms with E-state index in [-0.39, 0.29) is 10.9 Å². The Morgan fingerprint density at radius 3 is 2.24 bits per heavy atom. The molecular formula is C17H18Br2O2. The molecule has 0 saturated heterocycles. The molecule has 0 aliphatic rings. The van der Waals surface area contributed by atoms with Gasteiger partial charge in [-0.15, -0.1) is 0 Å². The SMILES string of the molecule is COc1cc(Br)ccc1C(Br)c1ccc(OC(C)C)cc1. The van der Waals surface area contributed by atoms with Crippen LogP contribution in [0.5, 0.6) is 11.5 Å². The summed E-state index contributed by atoms with van der Waals surface area (Å²) in [7, 11) is 1.69. The highest BCUT2D eigenvalue weighted by atomic mass is 79.9. The van der Waals surface area contributed by atoms with Crippen molar-refractivity contribution >= 4 is 31.9 Å². The Hall–Kier alpha value is -1.00. The number of ether oxygens (including phenoxy) is 2. The summed E-state index contributed by atoms with van der Waals surface area (Å²) < 4.78 is 12.1. The lowest BCUT2D eigenvalue weighted by Gasteiger charge is -2.16. The van der Waals surface area contributed by atoms with Gasteiger partial charge in [0.05, 0.1) is 18.0 Å². The number of benzene rings is 2. The summed E-state index contributed by atoms with van der Waals surface area (Å²) in [4.78, 5) is 0.0775. The number of hydrogen-bond acceptors (Lipinski definition) is 2. The van der Waals surface area contributed by atoms with E-state index in [1.807, 2.05) is 38.1 Å². The first kappa shape index (κ1) is 16.4. The van der Waals surface area contributed by atoms with Gasteiger partial charge < -0.3 is 9.47 Å². The van der Waals surface area contributed by atoms with Crippen LogP contribution < -0.4 is 9.47 Å². The number of methoxy groups -OCH3 is 1. The van der Waals surface area contributed by atoms with Gasteiger partial charge in [-0.1, -0.05) is 50.1 Å². The largest absolute Gasteiger partial charge is 0.496 e. The monoisotopic (exact) mass is 412 g/mol. The lowest BCUT2D eigenvalue weighted by atomic mass is 10.0. The summed E-state index contributed by atoms with van der Waals surface area (Å²) in [5.41, 5.74) is 2.25. The van der Waals surface area contributed by atoms with Gasteiger partial charge in [-0.05, 0) is 43.7 Å². The molecule has 0 heterocycles. The lowest BCUT2D eigenvalue weighted by Crippen LogP contribution is -2.05. The molecule has 112 valence electrons. The lowest BCUT2D eigenvalue weighted by molar-refractivity contribution is 0.242. The van der Waals surface area contributed by atoms with Crippen LogP contribution in [0.15, 0.2) is 46.9 Å². The molecule has 0 saturated carbocycles. The molecule has 21 heavy (non-hydrogen) atoms. The van der Waals surface area contributed by atoms with E-state index in [2.05, 4.69) is 50.1 Å². The fraction of sp³-hybridized carbons (Fsp3) is 0.294. The summed E-state index contributed by atoms with van der Waals surface area (Å²) in [6, 6.07) is 14.2. The second-order valence-corrected chi connectivity index (χ2v) is 6.82. The number of alkyl halides is 1. The molecule has 1 unspecified atom stereocenters. The van der Waals surface area contributed by atoms with Crippen LogP contribution >= 0.6 is 31.9 Å². The Morgan fingerprint density at radius 2 is 1.67 bits per heavy atom. The molecule has 0 bridgehead atoms. The second kappa shape index (κ2) is 7.32. The highest BCUT2D eigenvalue weighted by Gasteiger charge is 2.15. The molecular weight excluding hydrogens is 396 g/mol. The zero-order chi connectivity index (χ0) is 15.4. The molecule has 2 rings (SSSR count). The summed E-state index contributed by atoms with van der Waals surface area (Å²) in [5.74, 6) is 1.74. The van der Waals surface area contributed by atoms with E-state index >= 15 is 0 Å². The number of rotatable bonds is 5. The summed E-state index contributed by atoms with van der Waals surface area (Å²) >= 11 is 7.21. The van der Waals surface area contributed by atoms with Crippen molar-refractivity contribution in [1.29, 1.82) is 0 Å². The summed E-state index contributed by atoms with van der Waals surface area (Å²) in [6.07, 6.45) is 0.183. The highest BCUT2D eigenvalue weighted by Crippen LogP contribution is 2.38. The number of hydrogen-bond donors (Lipinski definition) is 0. The minimum Gasteiger partial charge on any atom is -0.496 e. The molecule has 2 aromatic carbocycles. The van der Waals surface area contributed by atoms with Gasteiger partial charge in [-0.2, -0.15) is 0 Å². The van der Waals surface area contributed by atoms with Gasteiger partial charge in [0.15, 0.2) is 0 Å². The molecule has 0 N–H and O–H groups in total. The molecule has 0 amide bonds. The van der Waals surface area contributed by atoms with Crippen LogP contribution in [0.4, 0.5) is 0 Å². The third-order valence-electron chi connectivity index (χ3n) is 3.01. The minimum atomic E-state index is 0.0775. The van der Waals surface area contributed by atoms with Crippen molar-refractivity contribution in [1.82, 2.24) is 0 Å². The smallest absolute Gasteiger partial charge is 0.124 e. The molecule has 0 aromatic heterocycles. The van der Waals surface area contributed by atoms with Gasteiger partial charge in [-0.3, -0.25) is 0 Å².